The smallest absolute Gasteiger partial charge is 0.271 e. The van der Waals surface area contributed by atoms with Crippen molar-refractivity contribution < 1.29 is 9.18 Å². The van der Waals surface area contributed by atoms with E-state index in [9.17, 15) is 9.18 Å². The summed E-state index contributed by atoms with van der Waals surface area (Å²) in [6, 6.07) is 13.1. The molecule has 1 aliphatic heterocycles. The van der Waals surface area contributed by atoms with E-state index in [2.05, 4.69) is 15.9 Å². The van der Waals surface area contributed by atoms with Crippen molar-refractivity contribution in [2.45, 2.75) is 0 Å². The molecule has 1 amide bonds. The number of thioether (sulfide) groups is 1. The van der Waals surface area contributed by atoms with Crippen LogP contribution in [0.25, 0.3) is 6.08 Å². The minimum atomic E-state index is -0.375. The summed E-state index contributed by atoms with van der Waals surface area (Å²) in [5, 5.41) is 8.09. The Morgan fingerprint density at radius 3 is 2.36 bits per heavy atom. The lowest BCUT2D eigenvalue weighted by atomic mass is 10.2. The van der Waals surface area contributed by atoms with Crippen LogP contribution in [0, 0.1) is 11.2 Å². The Kier molecular flexibility index (Phi) is 4.13. The molecule has 22 heavy (non-hydrogen) atoms. The number of carbonyl (C=O) groups is 1. The van der Waals surface area contributed by atoms with Gasteiger partial charge < -0.3 is 0 Å². The van der Waals surface area contributed by atoms with E-state index in [1.807, 2.05) is 24.3 Å². The summed E-state index contributed by atoms with van der Waals surface area (Å²) < 4.78 is 13.9. The van der Waals surface area contributed by atoms with Crippen molar-refractivity contribution in [3.05, 3.63) is 69.3 Å². The average Bonchev–Trinajstić information content (AvgIpc) is 2.77. The first-order valence-electron chi connectivity index (χ1n) is 6.38. The van der Waals surface area contributed by atoms with Gasteiger partial charge in [0.1, 0.15) is 5.82 Å². The third-order valence-corrected chi connectivity index (χ3v) is 4.49. The predicted molar refractivity (Wildman–Crippen MR) is 91.3 cm³/mol. The van der Waals surface area contributed by atoms with E-state index >= 15 is 0 Å². The van der Waals surface area contributed by atoms with Crippen LogP contribution in [0.4, 0.5) is 10.1 Å². The van der Waals surface area contributed by atoms with Crippen LogP contribution in [0.15, 0.2) is 57.9 Å². The summed E-state index contributed by atoms with van der Waals surface area (Å²) in [5.41, 5.74) is 1.37. The number of benzene rings is 2. The Hall–Kier alpha value is -1.92. The van der Waals surface area contributed by atoms with Crippen LogP contribution in [-0.4, -0.2) is 11.1 Å². The molecule has 0 unspecified atom stereocenters. The molecule has 1 aliphatic rings. The number of amides is 1. The number of carbonyl (C=O) groups excluding carboxylic acids is 1. The first-order chi connectivity index (χ1) is 10.5. The predicted octanol–water partition coefficient (Wildman–Crippen LogP) is 4.64. The van der Waals surface area contributed by atoms with Crippen LogP contribution in [0.3, 0.4) is 0 Å². The maximum absolute atomic E-state index is 13.0. The van der Waals surface area contributed by atoms with Gasteiger partial charge in [-0.1, -0.05) is 28.1 Å². The molecule has 3 nitrogen and oxygen atoms in total. The molecule has 0 aromatic heterocycles. The number of rotatable bonds is 2. The maximum Gasteiger partial charge on any atom is 0.271 e. The largest absolute Gasteiger partial charge is 0.278 e. The van der Waals surface area contributed by atoms with Gasteiger partial charge in [-0.2, -0.15) is 0 Å². The fraction of sp³-hybridized carbons (Fsp3) is 0. The molecule has 0 bridgehead atoms. The second kappa shape index (κ2) is 6.06. The highest BCUT2D eigenvalue weighted by Gasteiger charge is 2.33. The summed E-state index contributed by atoms with van der Waals surface area (Å²) in [5.74, 6) is -0.648. The molecular weight excluding hydrogens is 367 g/mol. The van der Waals surface area contributed by atoms with Crippen LogP contribution < -0.4 is 4.90 Å². The molecule has 110 valence electrons. The Labute approximate surface area is 139 Å². The molecule has 1 N–H and O–H groups in total. The number of hydrogen-bond donors (Lipinski definition) is 1. The lowest BCUT2D eigenvalue weighted by Gasteiger charge is -2.13. The van der Waals surface area contributed by atoms with Crippen molar-refractivity contribution in [1.29, 1.82) is 5.41 Å². The van der Waals surface area contributed by atoms with Gasteiger partial charge in [-0.05, 0) is 59.8 Å². The van der Waals surface area contributed by atoms with Crippen molar-refractivity contribution >= 4 is 50.5 Å². The second-order valence-corrected chi connectivity index (χ2v) is 6.53. The molecule has 0 spiro atoms. The van der Waals surface area contributed by atoms with Crippen molar-refractivity contribution in [3.8, 4) is 0 Å². The van der Waals surface area contributed by atoms with Crippen molar-refractivity contribution in [1.82, 2.24) is 0 Å². The fourth-order valence-electron chi connectivity index (χ4n) is 2.02. The summed E-state index contributed by atoms with van der Waals surface area (Å²) in [6.45, 7) is 0. The van der Waals surface area contributed by atoms with Crippen LogP contribution in [-0.2, 0) is 4.79 Å². The summed E-state index contributed by atoms with van der Waals surface area (Å²) in [4.78, 5) is 14.2. The zero-order chi connectivity index (χ0) is 15.7. The number of nitrogens with zero attached hydrogens (tertiary/aromatic N) is 1. The molecule has 1 saturated heterocycles. The minimum Gasteiger partial charge on any atom is -0.278 e. The molecule has 2 aromatic carbocycles. The molecule has 0 atom stereocenters. The van der Waals surface area contributed by atoms with E-state index in [1.165, 1.54) is 29.2 Å². The van der Waals surface area contributed by atoms with Crippen molar-refractivity contribution in [2.75, 3.05) is 4.90 Å². The van der Waals surface area contributed by atoms with E-state index in [1.54, 1.807) is 6.08 Å². The Morgan fingerprint density at radius 2 is 1.73 bits per heavy atom. The first-order valence-corrected chi connectivity index (χ1v) is 7.99. The number of nitrogens with one attached hydrogen (secondary N) is 1. The molecule has 6 heteroatoms. The van der Waals surface area contributed by atoms with E-state index in [0.717, 1.165) is 21.8 Å². The van der Waals surface area contributed by atoms with Crippen LogP contribution >= 0.6 is 27.7 Å². The second-order valence-electron chi connectivity index (χ2n) is 4.58. The van der Waals surface area contributed by atoms with E-state index in [0.29, 0.717) is 10.6 Å². The number of anilines is 1. The third-order valence-electron chi connectivity index (χ3n) is 3.08. The molecule has 1 heterocycles. The molecular formula is C16H10BrFN2OS. The van der Waals surface area contributed by atoms with Gasteiger partial charge >= 0.3 is 0 Å². The Bertz CT molecular complexity index is 772. The zero-order valence-corrected chi connectivity index (χ0v) is 13.6. The van der Waals surface area contributed by atoms with Gasteiger partial charge in [-0.25, -0.2) is 4.39 Å². The topological polar surface area (TPSA) is 44.2 Å². The third kappa shape index (κ3) is 2.98. The maximum atomic E-state index is 13.0. The van der Waals surface area contributed by atoms with Gasteiger partial charge in [0.2, 0.25) is 0 Å². The van der Waals surface area contributed by atoms with Crippen molar-refractivity contribution in [3.63, 3.8) is 0 Å². The quantitative estimate of drug-likeness (QED) is 0.775. The number of amidine groups is 1. The highest BCUT2D eigenvalue weighted by atomic mass is 79.9. The number of halogens is 2. The van der Waals surface area contributed by atoms with Gasteiger partial charge in [0, 0.05) is 4.47 Å². The van der Waals surface area contributed by atoms with Crippen LogP contribution in [0.5, 0.6) is 0 Å². The van der Waals surface area contributed by atoms with Gasteiger partial charge in [0.15, 0.2) is 5.17 Å². The number of hydrogen-bond acceptors (Lipinski definition) is 3. The van der Waals surface area contributed by atoms with Gasteiger partial charge in [-0.3, -0.25) is 15.1 Å². The summed E-state index contributed by atoms with van der Waals surface area (Å²) >= 11 is 4.45. The Morgan fingerprint density at radius 1 is 1.09 bits per heavy atom. The molecule has 0 saturated carbocycles. The molecule has 3 rings (SSSR count). The minimum absolute atomic E-state index is 0.111. The van der Waals surface area contributed by atoms with Crippen LogP contribution in [0.2, 0.25) is 0 Å². The standard InChI is InChI=1S/C16H10BrFN2OS/c17-11-3-1-10(2-4-11)9-14-15(21)20(16(19)22-14)13-7-5-12(18)6-8-13/h1-9,19H/b14-9-,19-16?. The summed E-state index contributed by atoms with van der Waals surface area (Å²) in [6.07, 6.45) is 1.75. The van der Waals surface area contributed by atoms with E-state index in [4.69, 9.17) is 5.41 Å². The van der Waals surface area contributed by atoms with E-state index in [-0.39, 0.29) is 16.9 Å². The van der Waals surface area contributed by atoms with Gasteiger partial charge in [0.05, 0.1) is 10.6 Å². The van der Waals surface area contributed by atoms with Crippen LogP contribution in [0.1, 0.15) is 5.56 Å². The lowest BCUT2D eigenvalue weighted by molar-refractivity contribution is -0.113. The molecule has 0 aliphatic carbocycles. The van der Waals surface area contributed by atoms with Gasteiger partial charge in [0.25, 0.3) is 5.91 Å². The highest BCUT2D eigenvalue weighted by molar-refractivity contribution is 9.10. The average molecular weight is 377 g/mol. The fourth-order valence-corrected chi connectivity index (χ4v) is 3.15. The summed E-state index contributed by atoms with van der Waals surface area (Å²) in [7, 11) is 0. The normalized spacial score (nSPS) is 16.6. The zero-order valence-electron chi connectivity index (χ0n) is 11.2. The molecule has 2 aromatic rings. The van der Waals surface area contributed by atoms with Gasteiger partial charge in [-0.15, -0.1) is 0 Å². The Balaban J connectivity index is 1.91. The van der Waals surface area contributed by atoms with Crippen molar-refractivity contribution in [2.24, 2.45) is 0 Å². The van der Waals surface area contributed by atoms with E-state index < -0.39 is 0 Å². The first kappa shape index (κ1) is 15.0. The lowest BCUT2D eigenvalue weighted by Crippen LogP contribution is -2.28. The SMILES string of the molecule is N=C1S/C(=C\c2ccc(Br)cc2)C(=O)N1c1ccc(F)cc1. The molecule has 1 fully saturated rings. The highest BCUT2D eigenvalue weighted by Crippen LogP contribution is 2.35. The molecule has 0 radical (unpaired) electrons. The monoisotopic (exact) mass is 376 g/mol.